The van der Waals surface area contributed by atoms with E-state index in [4.69, 9.17) is 14.1 Å². The molecular weight excluding hydrogens is 419 g/mol. The van der Waals surface area contributed by atoms with Crippen molar-refractivity contribution >= 4 is 29.9 Å². The van der Waals surface area contributed by atoms with Crippen LogP contribution in [0.4, 0.5) is 0 Å². The molecule has 24 heavy (non-hydrogen) atoms. The molecule has 138 valence electrons. The quantitative estimate of drug-likeness (QED) is 0.380. The van der Waals surface area contributed by atoms with Gasteiger partial charge in [0.1, 0.15) is 5.76 Å². The number of hydrogen-bond donors (Lipinski definition) is 2. The minimum Gasteiger partial charge on any atom is -0.468 e. The van der Waals surface area contributed by atoms with Crippen molar-refractivity contribution in [1.82, 2.24) is 15.5 Å². The second kappa shape index (κ2) is 10.2. The average Bonchev–Trinajstić information content (AvgIpc) is 3.17. The summed E-state index contributed by atoms with van der Waals surface area (Å²) in [5.41, 5.74) is -0.121. The second-order valence-corrected chi connectivity index (χ2v) is 6.47. The van der Waals surface area contributed by atoms with Crippen molar-refractivity contribution in [3.63, 3.8) is 0 Å². The lowest BCUT2D eigenvalue weighted by Gasteiger charge is -2.25. The first-order chi connectivity index (χ1) is 11.0. The molecule has 2 atom stereocenters. The average molecular weight is 450 g/mol. The Hall–Kier alpha value is -0.800. The number of hydrogen-bond acceptors (Lipinski definition) is 4. The van der Waals surface area contributed by atoms with Gasteiger partial charge in [0.15, 0.2) is 5.96 Å². The van der Waals surface area contributed by atoms with Gasteiger partial charge in [-0.05, 0) is 52.9 Å². The molecule has 1 aliphatic rings. The van der Waals surface area contributed by atoms with Crippen molar-refractivity contribution in [2.75, 3.05) is 40.3 Å². The van der Waals surface area contributed by atoms with Crippen molar-refractivity contribution in [2.24, 2.45) is 4.99 Å². The molecule has 2 unspecified atom stereocenters. The normalized spacial score (nSPS) is 22.3. The van der Waals surface area contributed by atoms with E-state index in [0.717, 1.165) is 44.3 Å². The number of likely N-dealkylation sites (N-methyl/N-ethyl adjacent to an activating group) is 1. The van der Waals surface area contributed by atoms with E-state index in [-0.39, 0.29) is 35.6 Å². The molecule has 1 saturated heterocycles. The van der Waals surface area contributed by atoms with Crippen LogP contribution < -0.4 is 10.6 Å². The SMILES string of the molecule is CCNC(=NCC1(C)CCCO1)NCC(c1ccco1)N(C)C.I. The van der Waals surface area contributed by atoms with Gasteiger partial charge in [0.25, 0.3) is 0 Å². The molecule has 0 radical (unpaired) electrons. The number of guanidine groups is 1. The van der Waals surface area contributed by atoms with Gasteiger partial charge in [0.2, 0.25) is 0 Å². The van der Waals surface area contributed by atoms with Crippen LogP contribution in [0, 0.1) is 0 Å². The van der Waals surface area contributed by atoms with E-state index in [1.54, 1.807) is 6.26 Å². The van der Waals surface area contributed by atoms with Crippen LogP contribution in [0.2, 0.25) is 0 Å². The topological polar surface area (TPSA) is 62.0 Å². The van der Waals surface area contributed by atoms with Crippen molar-refractivity contribution in [3.8, 4) is 0 Å². The van der Waals surface area contributed by atoms with E-state index in [1.165, 1.54) is 0 Å². The van der Waals surface area contributed by atoms with E-state index in [2.05, 4.69) is 29.4 Å². The zero-order chi connectivity index (χ0) is 16.7. The lowest BCUT2D eigenvalue weighted by molar-refractivity contribution is 0.0283. The van der Waals surface area contributed by atoms with Crippen molar-refractivity contribution in [2.45, 2.75) is 38.3 Å². The van der Waals surface area contributed by atoms with Crippen LogP contribution >= 0.6 is 24.0 Å². The largest absolute Gasteiger partial charge is 0.468 e. The summed E-state index contributed by atoms with van der Waals surface area (Å²) in [6.45, 7) is 7.28. The highest BCUT2D eigenvalue weighted by atomic mass is 127. The highest BCUT2D eigenvalue weighted by Crippen LogP contribution is 2.25. The zero-order valence-electron chi connectivity index (χ0n) is 15.2. The maximum absolute atomic E-state index is 5.81. The summed E-state index contributed by atoms with van der Waals surface area (Å²) < 4.78 is 11.4. The third kappa shape index (κ3) is 6.25. The zero-order valence-corrected chi connectivity index (χ0v) is 17.5. The van der Waals surface area contributed by atoms with Gasteiger partial charge in [-0.1, -0.05) is 0 Å². The minimum absolute atomic E-state index is 0. The van der Waals surface area contributed by atoms with Crippen LogP contribution in [0.1, 0.15) is 38.5 Å². The number of nitrogens with zero attached hydrogens (tertiary/aromatic N) is 2. The number of halogens is 1. The maximum Gasteiger partial charge on any atom is 0.191 e. The summed E-state index contributed by atoms with van der Waals surface area (Å²) in [6.07, 6.45) is 3.91. The lowest BCUT2D eigenvalue weighted by Crippen LogP contribution is -2.42. The molecule has 0 amide bonds. The highest BCUT2D eigenvalue weighted by Gasteiger charge is 2.29. The number of ether oxygens (including phenoxy) is 1. The molecule has 2 N–H and O–H groups in total. The predicted molar refractivity (Wildman–Crippen MR) is 108 cm³/mol. The van der Waals surface area contributed by atoms with Crippen LogP contribution in [0.15, 0.2) is 27.8 Å². The number of nitrogens with one attached hydrogen (secondary N) is 2. The fourth-order valence-electron chi connectivity index (χ4n) is 2.76. The summed E-state index contributed by atoms with van der Waals surface area (Å²) >= 11 is 0. The van der Waals surface area contributed by atoms with Gasteiger partial charge in [-0.3, -0.25) is 9.89 Å². The van der Waals surface area contributed by atoms with Crippen molar-refractivity contribution in [1.29, 1.82) is 0 Å². The first-order valence-corrected chi connectivity index (χ1v) is 8.40. The molecule has 0 aromatic carbocycles. The van der Waals surface area contributed by atoms with E-state index in [9.17, 15) is 0 Å². The first-order valence-electron chi connectivity index (χ1n) is 8.40. The molecule has 0 spiro atoms. The van der Waals surface area contributed by atoms with E-state index >= 15 is 0 Å². The Labute approximate surface area is 162 Å². The smallest absolute Gasteiger partial charge is 0.191 e. The molecule has 7 heteroatoms. The molecule has 1 aromatic heterocycles. The van der Waals surface area contributed by atoms with Crippen LogP contribution in [0.5, 0.6) is 0 Å². The third-order valence-electron chi connectivity index (χ3n) is 4.17. The van der Waals surface area contributed by atoms with Crippen LogP contribution in [-0.4, -0.2) is 56.8 Å². The van der Waals surface area contributed by atoms with Gasteiger partial charge in [-0.25, -0.2) is 0 Å². The summed E-state index contributed by atoms with van der Waals surface area (Å²) in [5.74, 6) is 1.77. The molecule has 0 aliphatic carbocycles. The molecule has 0 saturated carbocycles. The molecular formula is C17H31IN4O2. The van der Waals surface area contributed by atoms with Crippen molar-refractivity contribution in [3.05, 3.63) is 24.2 Å². The Morgan fingerprint density at radius 3 is 2.75 bits per heavy atom. The second-order valence-electron chi connectivity index (χ2n) is 6.47. The Morgan fingerprint density at radius 1 is 1.42 bits per heavy atom. The van der Waals surface area contributed by atoms with Gasteiger partial charge in [-0.15, -0.1) is 24.0 Å². The number of furan rings is 1. The molecule has 1 fully saturated rings. The third-order valence-corrected chi connectivity index (χ3v) is 4.17. The number of rotatable bonds is 7. The first kappa shape index (κ1) is 21.2. The summed E-state index contributed by atoms with van der Waals surface area (Å²) in [5, 5.41) is 6.71. The lowest BCUT2D eigenvalue weighted by atomic mass is 10.0. The monoisotopic (exact) mass is 450 g/mol. The van der Waals surface area contributed by atoms with Crippen LogP contribution in [-0.2, 0) is 4.74 Å². The van der Waals surface area contributed by atoms with Crippen molar-refractivity contribution < 1.29 is 9.15 Å². The summed E-state index contributed by atoms with van der Waals surface area (Å²) in [6, 6.07) is 4.08. The van der Waals surface area contributed by atoms with E-state index < -0.39 is 0 Å². The molecule has 2 heterocycles. The van der Waals surface area contributed by atoms with Gasteiger partial charge in [-0.2, -0.15) is 0 Å². The molecule has 1 aliphatic heterocycles. The molecule has 0 bridgehead atoms. The predicted octanol–water partition coefficient (Wildman–Crippen LogP) is 2.62. The minimum atomic E-state index is -0.121. The molecule has 2 rings (SSSR count). The van der Waals surface area contributed by atoms with E-state index in [0.29, 0.717) is 6.54 Å². The van der Waals surface area contributed by atoms with Gasteiger partial charge in [0, 0.05) is 19.7 Å². The van der Waals surface area contributed by atoms with Crippen LogP contribution in [0.3, 0.4) is 0 Å². The Morgan fingerprint density at radius 2 is 2.21 bits per heavy atom. The van der Waals surface area contributed by atoms with Crippen LogP contribution in [0.25, 0.3) is 0 Å². The standard InChI is InChI=1S/C17H30N4O2.HI/c1-5-18-16(20-13-17(2)9-7-11-23-17)19-12-14(21(3)4)15-8-6-10-22-15;/h6,8,10,14H,5,7,9,11-13H2,1-4H3,(H2,18,19,20);1H. The maximum atomic E-state index is 5.81. The Bertz CT molecular complexity index is 485. The molecule has 6 nitrogen and oxygen atoms in total. The Kier molecular flexibility index (Phi) is 9.07. The van der Waals surface area contributed by atoms with Gasteiger partial charge < -0.3 is 19.8 Å². The molecule has 1 aromatic rings. The van der Waals surface area contributed by atoms with Gasteiger partial charge >= 0.3 is 0 Å². The Balaban J connectivity index is 0.00000288. The van der Waals surface area contributed by atoms with E-state index in [1.807, 2.05) is 26.2 Å². The number of aliphatic imine (C=N–C) groups is 1. The highest BCUT2D eigenvalue weighted by molar-refractivity contribution is 14.0. The van der Waals surface area contributed by atoms with Gasteiger partial charge in [0.05, 0.1) is 24.5 Å². The fourth-order valence-corrected chi connectivity index (χ4v) is 2.76. The fraction of sp³-hybridized carbons (Fsp3) is 0.706. The summed E-state index contributed by atoms with van der Waals surface area (Å²) in [4.78, 5) is 6.84. The summed E-state index contributed by atoms with van der Waals surface area (Å²) in [7, 11) is 4.10.